The van der Waals surface area contributed by atoms with Gasteiger partial charge in [-0.2, -0.15) is 0 Å². The van der Waals surface area contributed by atoms with Gasteiger partial charge in [0.25, 0.3) is 0 Å². The Bertz CT molecular complexity index is 329. The highest BCUT2D eigenvalue weighted by atomic mass is 16.4. The fraction of sp³-hybridized carbons (Fsp3) is 0.385. The Balaban J connectivity index is 2.50. The molecule has 0 fully saturated rings. The van der Waals surface area contributed by atoms with Crippen LogP contribution in [-0.2, 0) is 6.54 Å². The first-order valence-electron chi connectivity index (χ1n) is 5.56. The summed E-state index contributed by atoms with van der Waals surface area (Å²) in [6.45, 7) is 3.68. The molecular formula is C13H19NO3. The Morgan fingerprint density at radius 3 is 2.41 bits per heavy atom. The smallest absolute Gasteiger partial charge is 0.105 e. The molecule has 1 aromatic carbocycles. The van der Waals surface area contributed by atoms with Gasteiger partial charge in [-0.15, -0.1) is 6.58 Å². The topological polar surface area (TPSA) is 72.7 Å². The number of aliphatic hydroxyl groups is 3. The van der Waals surface area contributed by atoms with Crippen LogP contribution < -0.4 is 5.32 Å². The van der Waals surface area contributed by atoms with E-state index in [0.29, 0.717) is 6.54 Å². The standard InChI is InChI=1S/C13H19NO3/c1-2-11(13(17)12(16)9-15)14-8-10-6-4-3-5-7-10/h2-7,11-17H,1,8-9H2. The number of benzene rings is 1. The molecule has 3 atom stereocenters. The minimum absolute atomic E-state index is 0.461. The maximum atomic E-state index is 9.71. The summed E-state index contributed by atoms with van der Waals surface area (Å²) in [7, 11) is 0. The summed E-state index contributed by atoms with van der Waals surface area (Å²) in [6, 6.07) is 9.25. The molecule has 0 aliphatic rings. The molecule has 4 N–H and O–H groups in total. The van der Waals surface area contributed by atoms with Crippen LogP contribution in [0.25, 0.3) is 0 Å². The van der Waals surface area contributed by atoms with E-state index in [4.69, 9.17) is 5.11 Å². The van der Waals surface area contributed by atoms with E-state index in [0.717, 1.165) is 5.56 Å². The monoisotopic (exact) mass is 237 g/mol. The average molecular weight is 237 g/mol. The van der Waals surface area contributed by atoms with Gasteiger partial charge < -0.3 is 20.6 Å². The van der Waals surface area contributed by atoms with Crippen molar-refractivity contribution in [3.8, 4) is 0 Å². The molecule has 0 aliphatic heterocycles. The summed E-state index contributed by atoms with van der Waals surface area (Å²) in [5.41, 5.74) is 1.07. The molecule has 0 saturated heterocycles. The molecule has 0 heterocycles. The van der Waals surface area contributed by atoms with Gasteiger partial charge in [0.15, 0.2) is 0 Å². The third-order valence-electron chi connectivity index (χ3n) is 2.59. The van der Waals surface area contributed by atoms with Gasteiger partial charge in [0.2, 0.25) is 0 Å². The van der Waals surface area contributed by atoms with Crippen LogP contribution in [-0.4, -0.2) is 40.2 Å². The largest absolute Gasteiger partial charge is 0.394 e. The van der Waals surface area contributed by atoms with Crippen LogP contribution in [0.2, 0.25) is 0 Å². The first-order valence-corrected chi connectivity index (χ1v) is 5.56. The molecule has 0 aliphatic carbocycles. The lowest BCUT2D eigenvalue weighted by molar-refractivity contribution is -0.0245. The van der Waals surface area contributed by atoms with Crippen LogP contribution in [0.3, 0.4) is 0 Å². The van der Waals surface area contributed by atoms with Gasteiger partial charge in [0.1, 0.15) is 12.2 Å². The van der Waals surface area contributed by atoms with Crippen LogP contribution in [0, 0.1) is 0 Å². The molecule has 0 spiro atoms. The Morgan fingerprint density at radius 2 is 1.88 bits per heavy atom. The SMILES string of the molecule is C=CC(NCc1ccccc1)C(O)C(O)CO. The normalized spacial score (nSPS) is 16.2. The van der Waals surface area contributed by atoms with Crippen LogP contribution in [0.5, 0.6) is 0 Å². The van der Waals surface area contributed by atoms with Gasteiger partial charge in [-0.1, -0.05) is 36.4 Å². The van der Waals surface area contributed by atoms with E-state index in [-0.39, 0.29) is 0 Å². The fourth-order valence-corrected chi connectivity index (χ4v) is 1.52. The molecule has 0 radical (unpaired) electrons. The maximum absolute atomic E-state index is 9.71. The highest BCUT2D eigenvalue weighted by molar-refractivity contribution is 5.14. The van der Waals surface area contributed by atoms with E-state index < -0.39 is 24.9 Å². The number of aliphatic hydroxyl groups excluding tert-OH is 3. The van der Waals surface area contributed by atoms with Gasteiger partial charge in [-0.3, -0.25) is 0 Å². The zero-order valence-corrected chi connectivity index (χ0v) is 9.66. The number of nitrogens with one attached hydrogen (secondary N) is 1. The molecule has 0 amide bonds. The van der Waals surface area contributed by atoms with Crippen molar-refractivity contribution in [1.82, 2.24) is 5.32 Å². The van der Waals surface area contributed by atoms with Crippen LogP contribution in [0.15, 0.2) is 43.0 Å². The highest BCUT2D eigenvalue weighted by Crippen LogP contribution is 2.04. The zero-order valence-electron chi connectivity index (χ0n) is 9.66. The number of rotatable bonds is 7. The average Bonchev–Trinajstić information content (AvgIpc) is 2.39. The van der Waals surface area contributed by atoms with Gasteiger partial charge in [-0.25, -0.2) is 0 Å². The van der Waals surface area contributed by atoms with Gasteiger partial charge >= 0.3 is 0 Å². The number of hydrogen-bond acceptors (Lipinski definition) is 4. The molecule has 4 heteroatoms. The van der Waals surface area contributed by atoms with Crippen molar-refractivity contribution in [2.45, 2.75) is 24.8 Å². The molecule has 3 unspecified atom stereocenters. The summed E-state index contributed by atoms with van der Waals surface area (Å²) in [6.07, 6.45) is -0.713. The molecule has 0 saturated carbocycles. The molecule has 1 aromatic rings. The van der Waals surface area contributed by atoms with Crippen molar-refractivity contribution < 1.29 is 15.3 Å². The molecule has 0 aromatic heterocycles. The molecule has 94 valence electrons. The van der Waals surface area contributed by atoms with Crippen LogP contribution in [0.1, 0.15) is 5.56 Å². The minimum Gasteiger partial charge on any atom is -0.394 e. The van der Waals surface area contributed by atoms with Crippen LogP contribution >= 0.6 is 0 Å². The Hall–Kier alpha value is -1.20. The van der Waals surface area contributed by atoms with E-state index >= 15 is 0 Å². The quantitative estimate of drug-likeness (QED) is 0.505. The predicted octanol–water partition coefficient (Wildman–Crippen LogP) is 0.0449. The van der Waals surface area contributed by atoms with E-state index in [9.17, 15) is 10.2 Å². The Morgan fingerprint density at radius 1 is 1.24 bits per heavy atom. The lowest BCUT2D eigenvalue weighted by atomic mass is 10.1. The first kappa shape index (κ1) is 13.9. The van der Waals surface area contributed by atoms with Crippen molar-refractivity contribution in [3.05, 3.63) is 48.6 Å². The molecular weight excluding hydrogens is 218 g/mol. The van der Waals surface area contributed by atoms with E-state index in [1.54, 1.807) is 0 Å². The molecule has 17 heavy (non-hydrogen) atoms. The van der Waals surface area contributed by atoms with E-state index in [1.807, 2.05) is 30.3 Å². The highest BCUT2D eigenvalue weighted by Gasteiger charge is 2.22. The van der Waals surface area contributed by atoms with Gasteiger partial charge in [0.05, 0.1) is 12.6 Å². The fourth-order valence-electron chi connectivity index (χ4n) is 1.52. The summed E-state index contributed by atoms with van der Waals surface area (Å²) < 4.78 is 0. The van der Waals surface area contributed by atoms with Crippen molar-refractivity contribution in [2.24, 2.45) is 0 Å². The third kappa shape index (κ3) is 4.28. The molecule has 4 nitrogen and oxygen atoms in total. The summed E-state index contributed by atoms with van der Waals surface area (Å²) in [5.74, 6) is 0. The second-order valence-electron chi connectivity index (χ2n) is 3.87. The first-order chi connectivity index (χ1) is 8.19. The Labute approximate surface area is 101 Å². The van der Waals surface area contributed by atoms with Crippen molar-refractivity contribution >= 4 is 0 Å². The summed E-state index contributed by atoms with van der Waals surface area (Å²) in [5, 5.41) is 30.9. The molecule has 1 rings (SSSR count). The minimum atomic E-state index is -1.17. The van der Waals surface area contributed by atoms with Crippen molar-refractivity contribution in [3.63, 3.8) is 0 Å². The van der Waals surface area contributed by atoms with E-state index in [1.165, 1.54) is 6.08 Å². The zero-order chi connectivity index (χ0) is 12.7. The van der Waals surface area contributed by atoms with Gasteiger partial charge in [-0.05, 0) is 5.56 Å². The third-order valence-corrected chi connectivity index (χ3v) is 2.59. The lowest BCUT2D eigenvalue weighted by Gasteiger charge is -2.24. The predicted molar refractivity (Wildman–Crippen MR) is 66.4 cm³/mol. The molecule has 0 bridgehead atoms. The van der Waals surface area contributed by atoms with Gasteiger partial charge in [0, 0.05) is 6.54 Å². The Kier molecular flexibility index (Phi) is 5.86. The maximum Gasteiger partial charge on any atom is 0.105 e. The van der Waals surface area contributed by atoms with Crippen molar-refractivity contribution in [1.29, 1.82) is 0 Å². The van der Waals surface area contributed by atoms with Crippen molar-refractivity contribution in [2.75, 3.05) is 6.61 Å². The second kappa shape index (κ2) is 7.19. The number of hydrogen-bond donors (Lipinski definition) is 4. The van der Waals surface area contributed by atoms with E-state index in [2.05, 4.69) is 11.9 Å². The summed E-state index contributed by atoms with van der Waals surface area (Å²) in [4.78, 5) is 0. The summed E-state index contributed by atoms with van der Waals surface area (Å²) >= 11 is 0. The lowest BCUT2D eigenvalue weighted by Crippen LogP contribution is -2.46. The second-order valence-corrected chi connectivity index (χ2v) is 3.87. The van der Waals surface area contributed by atoms with Crippen LogP contribution in [0.4, 0.5) is 0 Å².